The number of nitrogens with one attached hydrogen (secondary N) is 1. The normalized spacial score (nSPS) is 12.3. The Morgan fingerprint density at radius 1 is 1.17 bits per heavy atom. The summed E-state index contributed by atoms with van der Waals surface area (Å²) >= 11 is 3.22. The van der Waals surface area contributed by atoms with Crippen LogP contribution in [-0.4, -0.2) is 23.8 Å². The van der Waals surface area contributed by atoms with Gasteiger partial charge in [-0.1, -0.05) is 22.0 Å². The van der Waals surface area contributed by atoms with Crippen LogP contribution in [0.3, 0.4) is 0 Å². The number of hydrazone groups is 1. The van der Waals surface area contributed by atoms with Gasteiger partial charge in [0.05, 0.1) is 23.1 Å². The Labute approximate surface area is 178 Å². The average molecular weight is 472 g/mol. The zero-order valence-electron chi connectivity index (χ0n) is 15.3. The predicted molar refractivity (Wildman–Crippen MR) is 111 cm³/mol. The van der Waals surface area contributed by atoms with Crippen LogP contribution in [0, 0.1) is 10.1 Å². The van der Waals surface area contributed by atoms with Crippen molar-refractivity contribution < 1.29 is 23.6 Å². The van der Waals surface area contributed by atoms with Crippen LogP contribution in [0.1, 0.15) is 11.3 Å². The minimum atomic E-state index is -0.479. The fraction of sp³-hybridized carbons (Fsp3) is 0.100. The Hall–Kier alpha value is -3.66. The van der Waals surface area contributed by atoms with Crippen LogP contribution in [0.4, 0.5) is 5.69 Å². The van der Waals surface area contributed by atoms with Crippen molar-refractivity contribution in [3.05, 3.63) is 74.4 Å². The number of hydrogen-bond donors (Lipinski definition) is 1. The second-order valence-corrected chi connectivity index (χ2v) is 7.19. The molecule has 0 unspecified atom stereocenters. The summed E-state index contributed by atoms with van der Waals surface area (Å²) in [5.74, 6) is 1.60. The minimum absolute atomic E-state index is 0.0840. The molecule has 0 aliphatic carbocycles. The van der Waals surface area contributed by atoms with E-state index in [0.717, 1.165) is 5.56 Å². The lowest BCUT2D eigenvalue weighted by Gasteiger charge is -2.02. The molecule has 0 saturated carbocycles. The van der Waals surface area contributed by atoms with Gasteiger partial charge in [0.1, 0.15) is 11.5 Å². The van der Waals surface area contributed by atoms with E-state index in [1.807, 2.05) is 0 Å². The summed E-state index contributed by atoms with van der Waals surface area (Å²) in [6.07, 6.45) is 1.44. The summed E-state index contributed by atoms with van der Waals surface area (Å²) in [6.45, 7) is 0.170. The van der Waals surface area contributed by atoms with Gasteiger partial charge in [0, 0.05) is 10.5 Å². The van der Waals surface area contributed by atoms with Crippen molar-refractivity contribution in [1.82, 2.24) is 5.43 Å². The molecule has 3 aromatic rings. The van der Waals surface area contributed by atoms with Gasteiger partial charge >= 0.3 is 0 Å². The fourth-order valence-electron chi connectivity index (χ4n) is 2.87. The zero-order chi connectivity index (χ0) is 21.1. The van der Waals surface area contributed by atoms with Crippen molar-refractivity contribution in [3.8, 4) is 22.8 Å². The number of furan rings is 1. The number of nitro benzene ring substituents is 1. The molecule has 30 heavy (non-hydrogen) atoms. The van der Waals surface area contributed by atoms with E-state index in [1.165, 1.54) is 12.3 Å². The van der Waals surface area contributed by atoms with Crippen molar-refractivity contribution in [3.63, 3.8) is 0 Å². The monoisotopic (exact) mass is 471 g/mol. The van der Waals surface area contributed by atoms with E-state index in [0.29, 0.717) is 33.1 Å². The van der Waals surface area contributed by atoms with Gasteiger partial charge in [-0.15, -0.1) is 0 Å². The summed E-state index contributed by atoms with van der Waals surface area (Å²) < 4.78 is 16.7. The van der Waals surface area contributed by atoms with E-state index in [2.05, 4.69) is 26.5 Å². The van der Waals surface area contributed by atoms with E-state index in [-0.39, 0.29) is 24.8 Å². The first-order valence-electron chi connectivity index (χ1n) is 8.74. The van der Waals surface area contributed by atoms with E-state index in [4.69, 9.17) is 13.9 Å². The molecule has 2 heterocycles. The third-order valence-electron chi connectivity index (χ3n) is 4.23. The lowest BCUT2D eigenvalue weighted by Crippen LogP contribution is -2.19. The molecule has 1 aliphatic rings. The van der Waals surface area contributed by atoms with Crippen molar-refractivity contribution in [2.24, 2.45) is 5.10 Å². The second-order valence-electron chi connectivity index (χ2n) is 6.28. The number of hydrogen-bond acceptors (Lipinski definition) is 7. The Morgan fingerprint density at radius 3 is 2.83 bits per heavy atom. The number of ether oxygens (including phenoxy) is 2. The number of fused-ring (bicyclic) bond motifs is 1. The lowest BCUT2D eigenvalue weighted by molar-refractivity contribution is -0.384. The van der Waals surface area contributed by atoms with Crippen LogP contribution in [-0.2, 0) is 11.2 Å². The van der Waals surface area contributed by atoms with Crippen LogP contribution in [0.15, 0.2) is 62.5 Å². The zero-order valence-corrected chi connectivity index (χ0v) is 16.9. The minimum Gasteiger partial charge on any atom is -0.455 e. The summed E-state index contributed by atoms with van der Waals surface area (Å²) in [5.41, 5.74) is 3.43. The molecule has 0 bridgehead atoms. The molecule has 0 spiro atoms. The van der Waals surface area contributed by atoms with Crippen LogP contribution >= 0.6 is 15.9 Å². The van der Waals surface area contributed by atoms with Gasteiger partial charge in [-0.05, 0) is 42.0 Å². The van der Waals surface area contributed by atoms with Gasteiger partial charge in [0.25, 0.3) is 5.69 Å². The summed E-state index contributed by atoms with van der Waals surface area (Å²) in [5, 5.41) is 15.1. The predicted octanol–water partition coefficient (Wildman–Crippen LogP) is 4.04. The quantitative estimate of drug-likeness (QED) is 0.329. The maximum Gasteiger partial charge on any atom is 0.281 e. The van der Waals surface area contributed by atoms with Crippen molar-refractivity contribution in [1.29, 1.82) is 0 Å². The third-order valence-corrected chi connectivity index (χ3v) is 4.72. The average Bonchev–Trinajstić information content (AvgIpc) is 3.37. The number of rotatable bonds is 6. The molecule has 0 radical (unpaired) electrons. The maximum absolute atomic E-state index is 12.1. The van der Waals surface area contributed by atoms with E-state index in [9.17, 15) is 14.9 Å². The molecule has 1 aromatic heterocycles. The van der Waals surface area contributed by atoms with Gasteiger partial charge < -0.3 is 13.9 Å². The van der Waals surface area contributed by atoms with Crippen LogP contribution < -0.4 is 14.9 Å². The molecular formula is C20H14BrN3O6. The maximum atomic E-state index is 12.1. The number of carbonyl (C=O) groups excluding carboxylic acids is 1. The standard InChI is InChI=1S/C20H14BrN3O6/c21-13-2-4-15(16(9-13)24(26)27)17-6-3-14(30-17)10-22-23-20(25)8-12-1-5-18-19(7-12)29-11-28-18/h1-7,9-10H,8,11H2,(H,23,25)/b22-10+. The Morgan fingerprint density at radius 2 is 2.00 bits per heavy atom. The number of nitro groups is 1. The molecule has 10 heteroatoms. The topological polar surface area (TPSA) is 116 Å². The summed E-state index contributed by atoms with van der Waals surface area (Å²) in [4.78, 5) is 22.9. The Kier molecular flexibility index (Phi) is 5.48. The van der Waals surface area contributed by atoms with E-state index in [1.54, 1.807) is 42.5 Å². The van der Waals surface area contributed by atoms with Gasteiger partial charge in [-0.2, -0.15) is 5.10 Å². The fourth-order valence-corrected chi connectivity index (χ4v) is 3.22. The van der Waals surface area contributed by atoms with Gasteiger partial charge in [0.15, 0.2) is 11.5 Å². The highest BCUT2D eigenvalue weighted by Gasteiger charge is 2.18. The number of nitrogens with zero attached hydrogens (tertiary/aromatic N) is 2. The van der Waals surface area contributed by atoms with Crippen LogP contribution in [0.2, 0.25) is 0 Å². The molecule has 1 amide bonds. The molecule has 2 aromatic carbocycles. The molecule has 1 aliphatic heterocycles. The molecule has 152 valence electrons. The summed E-state index contributed by atoms with van der Waals surface area (Å²) in [7, 11) is 0. The van der Waals surface area contributed by atoms with Crippen molar-refractivity contribution >= 4 is 33.7 Å². The van der Waals surface area contributed by atoms with Crippen molar-refractivity contribution in [2.75, 3.05) is 6.79 Å². The highest BCUT2D eigenvalue weighted by Crippen LogP contribution is 2.34. The molecule has 0 atom stereocenters. The van der Waals surface area contributed by atoms with Gasteiger partial charge in [0.2, 0.25) is 12.7 Å². The van der Waals surface area contributed by atoms with E-state index >= 15 is 0 Å². The number of benzene rings is 2. The van der Waals surface area contributed by atoms with Gasteiger partial charge in [-0.25, -0.2) is 5.43 Å². The highest BCUT2D eigenvalue weighted by molar-refractivity contribution is 9.10. The first-order chi connectivity index (χ1) is 14.5. The second kappa shape index (κ2) is 8.37. The largest absolute Gasteiger partial charge is 0.455 e. The molecular weight excluding hydrogens is 458 g/mol. The molecule has 4 rings (SSSR count). The third kappa shape index (κ3) is 4.33. The van der Waals surface area contributed by atoms with Crippen LogP contribution in [0.25, 0.3) is 11.3 Å². The smallest absolute Gasteiger partial charge is 0.281 e. The van der Waals surface area contributed by atoms with Gasteiger partial charge in [-0.3, -0.25) is 14.9 Å². The molecule has 1 N–H and O–H groups in total. The molecule has 0 fully saturated rings. The van der Waals surface area contributed by atoms with Crippen LogP contribution in [0.5, 0.6) is 11.5 Å². The Balaban J connectivity index is 1.39. The Bertz CT molecular complexity index is 1160. The molecule has 9 nitrogen and oxygen atoms in total. The first-order valence-corrected chi connectivity index (χ1v) is 9.53. The van der Waals surface area contributed by atoms with E-state index < -0.39 is 4.92 Å². The van der Waals surface area contributed by atoms with Crippen molar-refractivity contribution in [2.45, 2.75) is 6.42 Å². The number of halogens is 1. The number of amides is 1. The molecule has 0 saturated heterocycles. The SMILES string of the molecule is O=C(Cc1ccc2c(c1)OCO2)N/N=C/c1ccc(-c2ccc(Br)cc2[N+](=O)[O-])o1. The summed E-state index contributed by atoms with van der Waals surface area (Å²) in [6, 6.07) is 13.2. The highest BCUT2D eigenvalue weighted by atomic mass is 79.9. The number of carbonyl (C=O) groups is 1. The first kappa shape index (κ1) is 19.6. The lowest BCUT2D eigenvalue weighted by atomic mass is 10.1.